The molecule has 1 aromatic heterocycles. The van der Waals surface area contributed by atoms with Crippen LogP contribution in [0.5, 0.6) is 0 Å². The molecule has 0 bridgehead atoms. The van der Waals surface area contributed by atoms with E-state index in [2.05, 4.69) is 21.2 Å². The van der Waals surface area contributed by atoms with Crippen LogP contribution in [-0.4, -0.2) is 36.5 Å². The monoisotopic (exact) mass is 287 g/mol. The number of furan rings is 1. The minimum atomic E-state index is -0.294. The van der Waals surface area contributed by atoms with E-state index >= 15 is 0 Å². The van der Waals surface area contributed by atoms with Crippen LogP contribution in [0.25, 0.3) is 0 Å². The molecule has 1 atom stereocenters. The molecule has 5 nitrogen and oxygen atoms in total. The van der Waals surface area contributed by atoms with Gasteiger partial charge in [-0.3, -0.25) is 9.69 Å². The Bertz CT molecular complexity index is 380. The third kappa shape index (κ3) is 2.63. The topological polar surface area (TPSA) is 71.5 Å². The zero-order valence-corrected chi connectivity index (χ0v) is 10.4. The molecule has 16 heavy (non-hydrogen) atoms. The molecule has 1 aliphatic heterocycles. The average Bonchev–Trinajstić information content (AvgIpc) is 2.64. The van der Waals surface area contributed by atoms with E-state index in [0.29, 0.717) is 17.8 Å². The van der Waals surface area contributed by atoms with Crippen LogP contribution < -0.4 is 11.1 Å². The fourth-order valence-corrected chi connectivity index (χ4v) is 2.19. The first-order chi connectivity index (χ1) is 7.66. The van der Waals surface area contributed by atoms with Gasteiger partial charge in [0.2, 0.25) is 5.91 Å². The molecule has 6 heteroatoms. The van der Waals surface area contributed by atoms with E-state index in [0.717, 1.165) is 18.8 Å². The van der Waals surface area contributed by atoms with Gasteiger partial charge in [-0.05, 0) is 28.1 Å². The summed E-state index contributed by atoms with van der Waals surface area (Å²) in [7, 11) is 0. The van der Waals surface area contributed by atoms with Crippen molar-refractivity contribution < 1.29 is 9.21 Å². The molecule has 1 aromatic rings. The second-order valence-electron chi connectivity index (χ2n) is 3.80. The third-order valence-corrected chi connectivity index (χ3v) is 3.10. The summed E-state index contributed by atoms with van der Waals surface area (Å²) in [5, 5.41) is 3.15. The Hall–Kier alpha value is -0.850. The molecule has 2 rings (SSSR count). The van der Waals surface area contributed by atoms with E-state index in [1.165, 1.54) is 0 Å². The van der Waals surface area contributed by atoms with Gasteiger partial charge in [0.15, 0.2) is 4.67 Å². The van der Waals surface area contributed by atoms with Crippen molar-refractivity contribution in [3.05, 3.63) is 22.6 Å². The second-order valence-corrected chi connectivity index (χ2v) is 4.58. The predicted molar refractivity (Wildman–Crippen MR) is 62.7 cm³/mol. The molecule has 0 radical (unpaired) electrons. The second kappa shape index (κ2) is 4.99. The van der Waals surface area contributed by atoms with Crippen LogP contribution in [0.3, 0.4) is 0 Å². The van der Waals surface area contributed by atoms with Crippen molar-refractivity contribution in [1.82, 2.24) is 10.2 Å². The highest BCUT2D eigenvalue weighted by atomic mass is 79.9. The maximum absolute atomic E-state index is 11.3. The minimum absolute atomic E-state index is 0.252. The standard InChI is InChI=1S/C10H14BrN3O2/c11-9-2-1-7(16-9)6-14-4-3-13-5-8(14)10(12)15/h1-2,8,13H,3-6H2,(H2,12,15). The molecule has 0 aromatic carbocycles. The van der Waals surface area contributed by atoms with E-state index in [1.54, 1.807) is 0 Å². The van der Waals surface area contributed by atoms with Crippen LogP contribution >= 0.6 is 15.9 Å². The summed E-state index contributed by atoms with van der Waals surface area (Å²) < 4.78 is 6.12. The number of hydrogen-bond acceptors (Lipinski definition) is 4. The molecule has 1 saturated heterocycles. The summed E-state index contributed by atoms with van der Waals surface area (Å²) in [6, 6.07) is 3.48. The number of halogens is 1. The van der Waals surface area contributed by atoms with Crippen molar-refractivity contribution >= 4 is 21.8 Å². The third-order valence-electron chi connectivity index (χ3n) is 2.67. The molecular weight excluding hydrogens is 274 g/mol. The highest BCUT2D eigenvalue weighted by Gasteiger charge is 2.27. The van der Waals surface area contributed by atoms with Gasteiger partial charge in [-0.25, -0.2) is 0 Å². The van der Waals surface area contributed by atoms with Crippen LogP contribution in [0.15, 0.2) is 21.2 Å². The normalized spacial score (nSPS) is 22.2. The van der Waals surface area contributed by atoms with Crippen molar-refractivity contribution in [2.45, 2.75) is 12.6 Å². The van der Waals surface area contributed by atoms with Gasteiger partial charge >= 0.3 is 0 Å². The van der Waals surface area contributed by atoms with Crippen molar-refractivity contribution in [3.63, 3.8) is 0 Å². The van der Waals surface area contributed by atoms with E-state index in [4.69, 9.17) is 10.2 Å². The quantitative estimate of drug-likeness (QED) is 0.839. The zero-order valence-electron chi connectivity index (χ0n) is 8.78. The lowest BCUT2D eigenvalue weighted by Gasteiger charge is -2.33. The Balaban J connectivity index is 2.03. The highest BCUT2D eigenvalue weighted by molar-refractivity contribution is 9.10. The lowest BCUT2D eigenvalue weighted by atomic mass is 10.1. The lowest BCUT2D eigenvalue weighted by molar-refractivity contribution is -0.124. The molecule has 2 heterocycles. The van der Waals surface area contributed by atoms with Gasteiger partial charge in [-0.2, -0.15) is 0 Å². The van der Waals surface area contributed by atoms with Crippen molar-refractivity contribution in [2.75, 3.05) is 19.6 Å². The van der Waals surface area contributed by atoms with E-state index in [-0.39, 0.29) is 11.9 Å². The van der Waals surface area contributed by atoms with Crippen LogP contribution in [0, 0.1) is 0 Å². The van der Waals surface area contributed by atoms with Crippen molar-refractivity contribution in [2.24, 2.45) is 5.73 Å². The lowest BCUT2D eigenvalue weighted by Crippen LogP contribution is -2.56. The Labute approximate surface area is 102 Å². The molecule has 0 spiro atoms. The Morgan fingerprint density at radius 2 is 2.50 bits per heavy atom. The van der Waals surface area contributed by atoms with Crippen molar-refractivity contribution in [1.29, 1.82) is 0 Å². The maximum atomic E-state index is 11.3. The number of rotatable bonds is 3. The molecule has 1 amide bonds. The van der Waals surface area contributed by atoms with Crippen LogP contribution in [0.2, 0.25) is 0 Å². The zero-order chi connectivity index (χ0) is 11.5. The number of carbonyl (C=O) groups is 1. The Morgan fingerprint density at radius 3 is 3.12 bits per heavy atom. The summed E-state index contributed by atoms with van der Waals surface area (Å²) in [4.78, 5) is 13.3. The van der Waals surface area contributed by atoms with Gasteiger partial charge in [0, 0.05) is 19.6 Å². The van der Waals surface area contributed by atoms with Crippen LogP contribution in [0.1, 0.15) is 5.76 Å². The minimum Gasteiger partial charge on any atom is -0.453 e. The molecule has 0 saturated carbocycles. The number of piperazine rings is 1. The van der Waals surface area contributed by atoms with Gasteiger partial charge in [-0.1, -0.05) is 0 Å². The number of amides is 1. The molecule has 1 aliphatic rings. The van der Waals surface area contributed by atoms with E-state index < -0.39 is 0 Å². The van der Waals surface area contributed by atoms with Gasteiger partial charge in [0.05, 0.1) is 6.54 Å². The van der Waals surface area contributed by atoms with Gasteiger partial charge in [0.1, 0.15) is 11.8 Å². The number of nitrogens with one attached hydrogen (secondary N) is 1. The van der Waals surface area contributed by atoms with Crippen LogP contribution in [-0.2, 0) is 11.3 Å². The first kappa shape index (κ1) is 11.6. The summed E-state index contributed by atoms with van der Waals surface area (Å²) in [5.41, 5.74) is 5.36. The smallest absolute Gasteiger partial charge is 0.236 e. The first-order valence-corrected chi connectivity index (χ1v) is 5.94. The summed E-state index contributed by atoms with van der Waals surface area (Å²) >= 11 is 3.25. The van der Waals surface area contributed by atoms with Crippen molar-refractivity contribution in [3.8, 4) is 0 Å². The average molecular weight is 288 g/mol. The number of nitrogens with zero attached hydrogens (tertiary/aromatic N) is 1. The predicted octanol–water partition coefficient (Wildman–Crippen LogP) is 0.301. The summed E-state index contributed by atoms with van der Waals surface area (Å²) in [5.74, 6) is 0.540. The summed E-state index contributed by atoms with van der Waals surface area (Å²) in [6.45, 7) is 2.88. The molecule has 1 unspecified atom stereocenters. The fraction of sp³-hybridized carbons (Fsp3) is 0.500. The number of nitrogens with two attached hydrogens (primary N) is 1. The number of hydrogen-bond donors (Lipinski definition) is 2. The molecule has 88 valence electrons. The van der Waals surface area contributed by atoms with E-state index in [9.17, 15) is 4.79 Å². The first-order valence-electron chi connectivity index (χ1n) is 5.15. The number of carbonyl (C=O) groups excluding carboxylic acids is 1. The molecule has 0 aliphatic carbocycles. The molecule has 1 fully saturated rings. The largest absolute Gasteiger partial charge is 0.453 e. The Morgan fingerprint density at radius 1 is 1.69 bits per heavy atom. The SMILES string of the molecule is NC(=O)C1CNCCN1Cc1ccc(Br)o1. The Kier molecular flexibility index (Phi) is 3.63. The van der Waals surface area contributed by atoms with Crippen LogP contribution in [0.4, 0.5) is 0 Å². The van der Waals surface area contributed by atoms with Gasteiger partial charge in [0.25, 0.3) is 0 Å². The van der Waals surface area contributed by atoms with E-state index in [1.807, 2.05) is 17.0 Å². The molecular formula is C10H14BrN3O2. The number of primary amides is 1. The van der Waals surface area contributed by atoms with Gasteiger partial charge < -0.3 is 15.5 Å². The molecule has 3 N–H and O–H groups in total. The maximum Gasteiger partial charge on any atom is 0.236 e. The fourth-order valence-electron chi connectivity index (χ4n) is 1.85. The highest BCUT2D eigenvalue weighted by Crippen LogP contribution is 2.17. The van der Waals surface area contributed by atoms with Gasteiger partial charge in [-0.15, -0.1) is 0 Å². The summed E-state index contributed by atoms with van der Waals surface area (Å²) in [6.07, 6.45) is 0.